The highest BCUT2D eigenvalue weighted by Gasteiger charge is 2.23. The van der Waals surface area contributed by atoms with E-state index < -0.39 is 6.04 Å². The molecule has 4 rings (SSSR count). The minimum atomic E-state index is -0.704. The highest BCUT2D eigenvalue weighted by atomic mass is 16.5. The second kappa shape index (κ2) is 8.67. The number of amides is 1. The van der Waals surface area contributed by atoms with Gasteiger partial charge in [-0.1, -0.05) is 26.0 Å². The standard InChI is InChI=1S/C23H26N4O4/c1-4-11-30-17-8-6-16(7-9-17)14-24-22(28)18(5-2)27-23(29)20-13-21-19(10-12-31-21)26(20)15(3)25-27/h6-10,12-13,18H,4-5,11,14H2,1-3H3,(H,24,28)/t18-/m0/s1. The monoisotopic (exact) mass is 422 g/mol. The van der Waals surface area contributed by atoms with Crippen LogP contribution in [0.3, 0.4) is 0 Å². The van der Waals surface area contributed by atoms with Gasteiger partial charge in [-0.3, -0.25) is 14.0 Å². The van der Waals surface area contributed by atoms with E-state index in [1.165, 1.54) is 4.68 Å². The lowest BCUT2D eigenvalue weighted by Gasteiger charge is -2.18. The number of hydrogen-bond donors (Lipinski definition) is 1. The molecule has 1 amide bonds. The first-order valence-electron chi connectivity index (χ1n) is 10.5. The summed E-state index contributed by atoms with van der Waals surface area (Å²) in [6, 6.07) is 10.4. The molecule has 0 saturated carbocycles. The maximum Gasteiger partial charge on any atom is 0.291 e. The first-order valence-corrected chi connectivity index (χ1v) is 10.5. The summed E-state index contributed by atoms with van der Waals surface area (Å²) in [6.07, 6.45) is 2.96. The van der Waals surface area contributed by atoms with Gasteiger partial charge in [0.05, 0.1) is 18.4 Å². The number of furan rings is 1. The Morgan fingerprint density at radius 3 is 2.68 bits per heavy atom. The predicted octanol–water partition coefficient (Wildman–Crippen LogP) is 3.61. The Hall–Kier alpha value is -3.55. The summed E-state index contributed by atoms with van der Waals surface area (Å²) < 4.78 is 14.0. The molecule has 3 aromatic heterocycles. The Morgan fingerprint density at radius 2 is 1.97 bits per heavy atom. The predicted molar refractivity (Wildman–Crippen MR) is 117 cm³/mol. The fourth-order valence-corrected chi connectivity index (χ4v) is 3.71. The maximum atomic E-state index is 13.1. The van der Waals surface area contributed by atoms with Crippen molar-refractivity contribution in [1.82, 2.24) is 19.5 Å². The maximum absolute atomic E-state index is 13.1. The van der Waals surface area contributed by atoms with Crippen molar-refractivity contribution in [2.45, 2.75) is 46.2 Å². The molecule has 0 aliphatic rings. The van der Waals surface area contributed by atoms with Crippen LogP contribution in [0, 0.1) is 6.92 Å². The van der Waals surface area contributed by atoms with Crippen molar-refractivity contribution in [3.63, 3.8) is 0 Å². The number of fused-ring (bicyclic) bond motifs is 3. The number of hydrogen-bond acceptors (Lipinski definition) is 5. The molecule has 162 valence electrons. The summed E-state index contributed by atoms with van der Waals surface area (Å²) in [5.74, 6) is 1.17. The van der Waals surface area contributed by atoms with Gasteiger partial charge in [0.25, 0.3) is 5.56 Å². The third-order valence-electron chi connectivity index (χ3n) is 5.27. The normalized spacial score (nSPS) is 12.4. The smallest absolute Gasteiger partial charge is 0.291 e. The third kappa shape index (κ3) is 3.93. The number of rotatable bonds is 8. The molecule has 0 unspecified atom stereocenters. The van der Waals surface area contributed by atoms with E-state index in [2.05, 4.69) is 17.3 Å². The van der Waals surface area contributed by atoms with Gasteiger partial charge in [-0.05, 0) is 37.5 Å². The molecular formula is C23H26N4O4. The topological polar surface area (TPSA) is 90.8 Å². The van der Waals surface area contributed by atoms with E-state index in [0.29, 0.717) is 36.5 Å². The fraction of sp³-hybridized carbons (Fsp3) is 0.348. The Morgan fingerprint density at radius 1 is 1.19 bits per heavy atom. The van der Waals surface area contributed by atoms with Gasteiger partial charge in [0.1, 0.15) is 23.1 Å². The largest absolute Gasteiger partial charge is 0.494 e. The SMILES string of the molecule is CCCOc1ccc(CNC(=O)[C@H](CC)n2nc(C)n3c(cc4occc43)c2=O)cc1. The van der Waals surface area contributed by atoms with Gasteiger partial charge < -0.3 is 14.5 Å². The van der Waals surface area contributed by atoms with Crippen LogP contribution in [0.5, 0.6) is 5.75 Å². The lowest BCUT2D eigenvalue weighted by Crippen LogP contribution is -2.39. The van der Waals surface area contributed by atoms with Gasteiger partial charge in [0, 0.05) is 18.7 Å². The van der Waals surface area contributed by atoms with E-state index in [0.717, 1.165) is 23.3 Å². The molecule has 8 heteroatoms. The average Bonchev–Trinajstić information content (AvgIpc) is 3.37. The molecule has 4 aromatic rings. The minimum Gasteiger partial charge on any atom is -0.494 e. The lowest BCUT2D eigenvalue weighted by atomic mass is 10.2. The molecule has 0 fully saturated rings. The first-order chi connectivity index (χ1) is 15.0. The molecule has 1 aromatic carbocycles. The van der Waals surface area contributed by atoms with Crippen molar-refractivity contribution in [2.24, 2.45) is 0 Å². The van der Waals surface area contributed by atoms with Crippen molar-refractivity contribution >= 4 is 22.5 Å². The first kappa shape index (κ1) is 20.7. The van der Waals surface area contributed by atoms with Crippen LogP contribution >= 0.6 is 0 Å². The van der Waals surface area contributed by atoms with Gasteiger partial charge in [0.15, 0.2) is 5.58 Å². The highest BCUT2D eigenvalue weighted by molar-refractivity contribution is 5.83. The van der Waals surface area contributed by atoms with Crippen molar-refractivity contribution in [3.05, 3.63) is 64.4 Å². The van der Waals surface area contributed by atoms with E-state index >= 15 is 0 Å². The molecular weight excluding hydrogens is 396 g/mol. The number of aromatic nitrogens is 3. The molecule has 0 aliphatic carbocycles. The molecule has 31 heavy (non-hydrogen) atoms. The molecule has 0 saturated heterocycles. The molecule has 0 aliphatic heterocycles. The van der Waals surface area contributed by atoms with Crippen LogP contribution in [0.15, 0.2) is 51.9 Å². The van der Waals surface area contributed by atoms with Gasteiger partial charge in [-0.15, -0.1) is 0 Å². The number of carbonyl (C=O) groups is 1. The molecule has 3 heterocycles. The zero-order valence-corrected chi connectivity index (χ0v) is 17.9. The Bertz CT molecular complexity index is 1270. The Kier molecular flexibility index (Phi) is 5.79. The number of aryl methyl sites for hydroxylation is 1. The molecule has 1 atom stereocenters. The van der Waals surface area contributed by atoms with E-state index in [4.69, 9.17) is 9.15 Å². The second-order valence-electron chi connectivity index (χ2n) is 7.47. The number of nitrogens with one attached hydrogen (secondary N) is 1. The van der Waals surface area contributed by atoms with E-state index in [1.807, 2.05) is 38.1 Å². The molecule has 8 nitrogen and oxygen atoms in total. The van der Waals surface area contributed by atoms with Crippen LogP contribution in [0.25, 0.3) is 16.6 Å². The molecule has 1 N–H and O–H groups in total. The summed E-state index contributed by atoms with van der Waals surface area (Å²) >= 11 is 0. The molecule has 0 radical (unpaired) electrons. The zero-order chi connectivity index (χ0) is 22.0. The van der Waals surface area contributed by atoms with Crippen LogP contribution < -0.4 is 15.6 Å². The van der Waals surface area contributed by atoms with Crippen molar-refractivity contribution in [1.29, 1.82) is 0 Å². The van der Waals surface area contributed by atoms with Gasteiger partial charge in [-0.25, -0.2) is 4.68 Å². The van der Waals surface area contributed by atoms with E-state index in [-0.39, 0.29) is 11.5 Å². The Labute approximate surface area is 179 Å². The summed E-state index contributed by atoms with van der Waals surface area (Å²) in [5.41, 5.74) is 2.47. The summed E-state index contributed by atoms with van der Waals surface area (Å²) in [5, 5.41) is 7.36. The van der Waals surface area contributed by atoms with Crippen LogP contribution in [0.2, 0.25) is 0 Å². The zero-order valence-electron chi connectivity index (χ0n) is 17.9. The van der Waals surface area contributed by atoms with Gasteiger partial charge >= 0.3 is 0 Å². The number of nitrogens with zero attached hydrogens (tertiary/aromatic N) is 3. The summed E-state index contributed by atoms with van der Waals surface area (Å²) in [7, 11) is 0. The second-order valence-corrected chi connectivity index (χ2v) is 7.47. The Balaban J connectivity index is 1.54. The average molecular weight is 422 g/mol. The molecule has 0 bridgehead atoms. The minimum absolute atomic E-state index is 0.248. The lowest BCUT2D eigenvalue weighted by molar-refractivity contribution is -0.125. The number of ether oxygens (including phenoxy) is 1. The quantitative estimate of drug-likeness (QED) is 0.468. The van der Waals surface area contributed by atoms with E-state index in [9.17, 15) is 9.59 Å². The third-order valence-corrected chi connectivity index (χ3v) is 5.27. The van der Waals surface area contributed by atoms with Crippen LogP contribution in [0.4, 0.5) is 0 Å². The van der Waals surface area contributed by atoms with Crippen molar-refractivity contribution in [3.8, 4) is 5.75 Å². The van der Waals surface area contributed by atoms with Crippen molar-refractivity contribution in [2.75, 3.05) is 6.61 Å². The summed E-state index contributed by atoms with van der Waals surface area (Å²) in [6.45, 7) is 6.76. The van der Waals surface area contributed by atoms with Crippen molar-refractivity contribution < 1.29 is 13.9 Å². The van der Waals surface area contributed by atoms with Crippen LogP contribution in [-0.2, 0) is 11.3 Å². The number of benzene rings is 1. The van der Waals surface area contributed by atoms with Crippen LogP contribution in [0.1, 0.15) is 44.1 Å². The van der Waals surface area contributed by atoms with Gasteiger partial charge in [-0.2, -0.15) is 5.10 Å². The highest BCUT2D eigenvalue weighted by Crippen LogP contribution is 2.21. The number of carbonyl (C=O) groups excluding carboxylic acids is 1. The van der Waals surface area contributed by atoms with Crippen LogP contribution in [-0.4, -0.2) is 26.7 Å². The summed E-state index contributed by atoms with van der Waals surface area (Å²) in [4.78, 5) is 26.0. The molecule has 0 spiro atoms. The fourth-order valence-electron chi connectivity index (χ4n) is 3.71. The van der Waals surface area contributed by atoms with Gasteiger partial charge in [0.2, 0.25) is 5.91 Å². The van der Waals surface area contributed by atoms with E-state index in [1.54, 1.807) is 22.8 Å².